The molecule has 0 aromatic heterocycles. The van der Waals surface area contributed by atoms with E-state index in [0.717, 1.165) is 6.42 Å². The fourth-order valence-corrected chi connectivity index (χ4v) is 1.36. The number of hydrogen-bond acceptors (Lipinski definition) is 4. The molecule has 5 nitrogen and oxygen atoms in total. The summed E-state index contributed by atoms with van der Waals surface area (Å²) in [6.07, 6.45) is 0.832. The molecule has 0 saturated heterocycles. The van der Waals surface area contributed by atoms with E-state index < -0.39 is 5.97 Å². The summed E-state index contributed by atoms with van der Waals surface area (Å²) in [5.41, 5.74) is 0.386. The Morgan fingerprint density at radius 3 is 2.42 bits per heavy atom. The normalized spacial score (nSPS) is 11.5. The van der Waals surface area contributed by atoms with E-state index in [1.54, 1.807) is 31.4 Å². The summed E-state index contributed by atoms with van der Waals surface area (Å²) in [6, 6.07) is 6.58. The Hall–Kier alpha value is -2.04. The molecule has 5 heteroatoms. The standard InChI is InChI=1S/C14H19NO4/c1-4-10(2)15-13(16)9-19-14(17)11-5-7-12(18-3)8-6-11/h5-8,10H,4,9H2,1-3H3,(H,15,16)/t10-/m1/s1. The molecule has 0 bridgehead atoms. The zero-order chi connectivity index (χ0) is 14.3. The molecule has 0 fully saturated rings. The van der Waals surface area contributed by atoms with Crippen LogP contribution in [-0.4, -0.2) is 31.6 Å². The van der Waals surface area contributed by atoms with Crippen LogP contribution in [0.1, 0.15) is 30.6 Å². The molecule has 0 saturated carbocycles. The molecule has 1 N–H and O–H groups in total. The predicted molar refractivity (Wildman–Crippen MR) is 71.2 cm³/mol. The second-order valence-corrected chi connectivity index (χ2v) is 4.18. The number of nitrogens with one attached hydrogen (secondary N) is 1. The number of carbonyl (C=O) groups excluding carboxylic acids is 2. The summed E-state index contributed by atoms with van der Waals surface area (Å²) in [7, 11) is 1.55. The van der Waals surface area contributed by atoms with Crippen LogP contribution in [0.4, 0.5) is 0 Å². The number of rotatable bonds is 6. The molecular formula is C14H19NO4. The highest BCUT2D eigenvalue weighted by atomic mass is 16.5. The van der Waals surface area contributed by atoms with Crippen molar-refractivity contribution in [3.05, 3.63) is 29.8 Å². The lowest BCUT2D eigenvalue weighted by atomic mass is 10.2. The maximum atomic E-state index is 11.7. The summed E-state index contributed by atoms with van der Waals surface area (Å²) < 4.78 is 9.90. The molecule has 1 aromatic carbocycles. The second kappa shape index (κ2) is 7.41. The van der Waals surface area contributed by atoms with Crippen LogP contribution in [0, 0.1) is 0 Å². The first-order valence-electron chi connectivity index (χ1n) is 6.17. The molecule has 0 radical (unpaired) electrons. The fourth-order valence-electron chi connectivity index (χ4n) is 1.36. The van der Waals surface area contributed by atoms with Gasteiger partial charge in [0.25, 0.3) is 5.91 Å². The molecule has 0 aliphatic rings. The van der Waals surface area contributed by atoms with Gasteiger partial charge in [-0.05, 0) is 37.6 Å². The third-order valence-corrected chi connectivity index (χ3v) is 2.68. The maximum absolute atomic E-state index is 11.7. The SMILES string of the molecule is CC[C@@H](C)NC(=O)COC(=O)c1ccc(OC)cc1. The molecule has 1 aromatic rings. The Kier molecular flexibility index (Phi) is 5.85. The van der Waals surface area contributed by atoms with Gasteiger partial charge in [0.15, 0.2) is 6.61 Å². The molecular weight excluding hydrogens is 246 g/mol. The van der Waals surface area contributed by atoms with Crippen LogP contribution in [0.2, 0.25) is 0 Å². The van der Waals surface area contributed by atoms with E-state index in [-0.39, 0.29) is 18.6 Å². The largest absolute Gasteiger partial charge is 0.497 e. The first kappa shape index (κ1) is 15.0. The zero-order valence-corrected chi connectivity index (χ0v) is 11.4. The van der Waals surface area contributed by atoms with Crippen molar-refractivity contribution in [2.45, 2.75) is 26.3 Å². The number of esters is 1. The van der Waals surface area contributed by atoms with Gasteiger partial charge in [0.05, 0.1) is 12.7 Å². The minimum atomic E-state index is -0.526. The van der Waals surface area contributed by atoms with Crippen molar-refractivity contribution >= 4 is 11.9 Å². The summed E-state index contributed by atoms with van der Waals surface area (Å²) >= 11 is 0. The average molecular weight is 265 g/mol. The quantitative estimate of drug-likeness (QED) is 0.796. The lowest BCUT2D eigenvalue weighted by molar-refractivity contribution is -0.124. The second-order valence-electron chi connectivity index (χ2n) is 4.18. The molecule has 1 atom stereocenters. The number of benzene rings is 1. The Labute approximate surface area is 112 Å². The van der Waals surface area contributed by atoms with Crippen molar-refractivity contribution in [2.24, 2.45) is 0 Å². The molecule has 0 spiro atoms. The minimum absolute atomic E-state index is 0.0761. The van der Waals surface area contributed by atoms with Gasteiger partial charge in [-0.25, -0.2) is 4.79 Å². The van der Waals surface area contributed by atoms with Gasteiger partial charge >= 0.3 is 5.97 Å². The van der Waals surface area contributed by atoms with Gasteiger partial charge in [0, 0.05) is 6.04 Å². The van der Waals surface area contributed by atoms with E-state index in [9.17, 15) is 9.59 Å². The van der Waals surface area contributed by atoms with Crippen molar-refractivity contribution in [3.63, 3.8) is 0 Å². The van der Waals surface area contributed by atoms with E-state index in [0.29, 0.717) is 11.3 Å². The highest BCUT2D eigenvalue weighted by molar-refractivity contribution is 5.91. The van der Waals surface area contributed by atoms with Gasteiger partial charge in [0.2, 0.25) is 0 Å². The van der Waals surface area contributed by atoms with Gasteiger partial charge in [0.1, 0.15) is 5.75 Å². The number of amides is 1. The van der Waals surface area contributed by atoms with E-state index in [4.69, 9.17) is 9.47 Å². The third kappa shape index (κ3) is 4.99. The van der Waals surface area contributed by atoms with Crippen LogP contribution in [-0.2, 0) is 9.53 Å². The van der Waals surface area contributed by atoms with Crippen LogP contribution in [0.3, 0.4) is 0 Å². The highest BCUT2D eigenvalue weighted by Crippen LogP contribution is 2.11. The van der Waals surface area contributed by atoms with Gasteiger partial charge in [-0.3, -0.25) is 4.79 Å². The van der Waals surface area contributed by atoms with Crippen LogP contribution in [0.25, 0.3) is 0 Å². The van der Waals surface area contributed by atoms with Gasteiger partial charge in [-0.2, -0.15) is 0 Å². The molecule has 104 valence electrons. The molecule has 0 aliphatic heterocycles. The maximum Gasteiger partial charge on any atom is 0.338 e. The van der Waals surface area contributed by atoms with E-state index in [1.165, 1.54) is 0 Å². The predicted octanol–water partition coefficient (Wildman–Crippen LogP) is 1.77. The number of carbonyl (C=O) groups is 2. The van der Waals surface area contributed by atoms with Crippen LogP contribution >= 0.6 is 0 Å². The minimum Gasteiger partial charge on any atom is -0.497 e. The monoisotopic (exact) mass is 265 g/mol. The molecule has 0 unspecified atom stereocenters. The summed E-state index contributed by atoms with van der Waals surface area (Å²) in [5, 5.41) is 2.72. The van der Waals surface area contributed by atoms with Crippen molar-refractivity contribution in [1.29, 1.82) is 0 Å². The number of methoxy groups -OCH3 is 1. The topological polar surface area (TPSA) is 64.6 Å². The summed E-state index contributed by atoms with van der Waals surface area (Å²) in [4.78, 5) is 23.1. The molecule has 1 rings (SSSR count). The smallest absolute Gasteiger partial charge is 0.338 e. The fraction of sp³-hybridized carbons (Fsp3) is 0.429. The Morgan fingerprint density at radius 1 is 1.26 bits per heavy atom. The number of ether oxygens (including phenoxy) is 2. The molecule has 0 aliphatic carbocycles. The van der Waals surface area contributed by atoms with Crippen molar-refractivity contribution < 1.29 is 19.1 Å². The average Bonchev–Trinajstić information content (AvgIpc) is 2.44. The van der Waals surface area contributed by atoms with Gasteiger partial charge in [-0.15, -0.1) is 0 Å². The van der Waals surface area contributed by atoms with Crippen molar-refractivity contribution in [2.75, 3.05) is 13.7 Å². The van der Waals surface area contributed by atoms with Crippen molar-refractivity contribution in [3.8, 4) is 5.75 Å². The molecule has 0 heterocycles. The van der Waals surface area contributed by atoms with E-state index >= 15 is 0 Å². The van der Waals surface area contributed by atoms with Gasteiger partial charge in [-0.1, -0.05) is 6.92 Å². The Morgan fingerprint density at radius 2 is 1.89 bits per heavy atom. The number of hydrogen-bond donors (Lipinski definition) is 1. The lowest BCUT2D eigenvalue weighted by Gasteiger charge is -2.11. The first-order valence-corrected chi connectivity index (χ1v) is 6.17. The van der Waals surface area contributed by atoms with Gasteiger partial charge < -0.3 is 14.8 Å². The van der Waals surface area contributed by atoms with Crippen LogP contribution < -0.4 is 10.1 Å². The Bertz CT molecular complexity index is 428. The molecule has 1 amide bonds. The lowest BCUT2D eigenvalue weighted by Crippen LogP contribution is -2.35. The Balaban J connectivity index is 2.44. The van der Waals surface area contributed by atoms with E-state index in [2.05, 4.69) is 5.32 Å². The van der Waals surface area contributed by atoms with Crippen LogP contribution in [0.5, 0.6) is 5.75 Å². The third-order valence-electron chi connectivity index (χ3n) is 2.68. The van der Waals surface area contributed by atoms with Crippen molar-refractivity contribution in [1.82, 2.24) is 5.32 Å². The summed E-state index contributed by atoms with van der Waals surface area (Å²) in [5.74, 6) is -0.163. The highest BCUT2D eigenvalue weighted by Gasteiger charge is 2.11. The van der Waals surface area contributed by atoms with Crippen LogP contribution in [0.15, 0.2) is 24.3 Å². The van der Waals surface area contributed by atoms with E-state index in [1.807, 2.05) is 13.8 Å². The first-order chi connectivity index (χ1) is 9.06. The summed E-state index contributed by atoms with van der Waals surface area (Å²) in [6.45, 7) is 3.59. The molecule has 19 heavy (non-hydrogen) atoms. The zero-order valence-electron chi connectivity index (χ0n) is 11.4.